The van der Waals surface area contributed by atoms with Crippen LogP contribution in [0.25, 0.3) is 0 Å². The quantitative estimate of drug-likeness (QED) is 0.0316. The Balaban J connectivity index is 0.977. The summed E-state index contributed by atoms with van der Waals surface area (Å²) in [6.07, 6.45) is -0.180. The van der Waals surface area contributed by atoms with Crippen LogP contribution in [0.1, 0.15) is 59.9 Å². The highest BCUT2D eigenvalue weighted by Crippen LogP contribution is 2.46. The molecule has 3 atom stereocenters. The third-order valence-corrected chi connectivity index (χ3v) is 15.1. The maximum atomic E-state index is 14.7. The van der Waals surface area contributed by atoms with Gasteiger partial charge in [-0.15, -0.1) is 34.9 Å². The van der Waals surface area contributed by atoms with E-state index in [1.54, 1.807) is 5.38 Å². The Morgan fingerprint density at radius 2 is 1.42 bits per heavy atom. The number of hydrogen-bond donors (Lipinski definition) is 2. The first kappa shape index (κ1) is 45.9. The maximum absolute atomic E-state index is 14.7. The van der Waals surface area contributed by atoms with E-state index in [9.17, 15) is 14.4 Å². The number of aromatic nitrogens is 1. The van der Waals surface area contributed by atoms with Gasteiger partial charge in [-0.25, -0.2) is 9.78 Å². The second kappa shape index (κ2) is 20.3. The number of anilines is 1. The zero-order valence-electron chi connectivity index (χ0n) is 37.1. The van der Waals surface area contributed by atoms with Crippen LogP contribution in [0, 0.1) is 0 Å². The molecule has 67 heavy (non-hydrogen) atoms. The van der Waals surface area contributed by atoms with Crippen molar-refractivity contribution >= 4 is 63.5 Å². The molecule has 0 aliphatic carbocycles. The van der Waals surface area contributed by atoms with Gasteiger partial charge in [0.05, 0.1) is 12.7 Å². The lowest BCUT2D eigenvalue weighted by atomic mass is 9.77. The van der Waals surface area contributed by atoms with Crippen LogP contribution >= 0.6 is 34.9 Å². The smallest absolute Gasteiger partial charge is 0.356 e. The van der Waals surface area contributed by atoms with Gasteiger partial charge in [0.25, 0.3) is 11.8 Å². The predicted molar refractivity (Wildman–Crippen MR) is 263 cm³/mol. The average molecular weight is 952 g/mol. The summed E-state index contributed by atoms with van der Waals surface area (Å²) in [6, 6.07) is 48.4. The number of fused-ring (bicyclic) bond motifs is 1. The summed E-state index contributed by atoms with van der Waals surface area (Å²) in [6.45, 7) is 4.32. The van der Waals surface area contributed by atoms with Crippen molar-refractivity contribution in [1.29, 1.82) is 0 Å². The normalized spacial score (nSPS) is 19.3. The molecule has 2 saturated heterocycles. The number of carbonyl (C=O) groups excluding carboxylic acids is 3. The van der Waals surface area contributed by atoms with Gasteiger partial charge in [-0.1, -0.05) is 157 Å². The number of thiazole rings is 1. The number of nitrogens with zero attached hydrogens (tertiary/aromatic N) is 3. The number of carbonyl (C=O) groups is 3. The molecule has 5 aromatic carbocycles. The van der Waals surface area contributed by atoms with Crippen LogP contribution in [0.15, 0.2) is 173 Å². The minimum atomic E-state index is -0.981. The molecule has 1 aromatic heterocycles. The Kier molecular flexibility index (Phi) is 13.9. The van der Waals surface area contributed by atoms with Gasteiger partial charge < -0.3 is 29.7 Å². The van der Waals surface area contributed by atoms with E-state index in [0.29, 0.717) is 34.6 Å². The lowest BCUT2D eigenvalue weighted by Gasteiger charge is -2.49. The number of rotatable bonds is 16. The third kappa shape index (κ3) is 9.79. The first-order chi connectivity index (χ1) is 32.6. The lowest BCUT2D eigenvalue weighted by Crippen LogP contribution is -2.71. The Bertz CT molecular complexity index is 2610. The van der Waals surface area contributed by atoms with E-state index >= 15 is 0 Å². The van der Waals surface area contributed by atoms with Gasteiger partial charge in [0.2, 0.25) is 0 Å². The average Bonchev–Trinajstić information content (AvgIpc) is 3.83. The Morgan fingerprint density at radius 1 is 0.866 bits per heavy atom. The van der Waals surface area contributed by atoms with Crippen molar-refractivity contribution in [2.45, 2.75) is 55.2 Å². The summed E-state index contributed by atoms with van der Waals surface area (Å²) < 4.78 is 18.4. The van der Waals surface area contributed by atoms with Gasteiger partial charge in [0.15, 0.2) is 22.7 Å². The molecule has 6 aromatic rings. The molecule has 0 spiro atoms. The standard InChI is InChI=1S/C52H49N5O7S3/c1-51(2)62-30-29-39(64-51)31-65-41-33-66-48-43(47(59)57(48)44(41)49(60)63-45(34-19-9-4-10-20-34)35-21-11-5-12-22-35)54-46(58)42(56-61-3)40-32-67-50(53-40)55-52(36-23-13-6-14-24-36,37-25-15-7-16-26-37)38-27-17-8-18-28-38/h4-28,32,39,43,45,48H,29-31,33H2,1-3H3,(H,53,55)(H,54,58)/b56-42-/t39?,43?,48-/m1/s1. The van der Waals surface area contributed by atoms with Crippen molar-refractivity contribution in [2.24, 2.45) is 5.16 Å². The van der Waals surface area contributed by atoms with Crippen LogP contribution in [0.2, 0.25) is 0 Å². The van der Waals surface area contributed by atoms with E-state index in [-0.39, 0.29) is 23.2 Å². The number of ether oxygens (including phenoxy) is 3. The number of amides is 2. The SMILES string of the molecule is CO/N=C(\C(=O)NC1C(=O)N2C(C(=O)OC(c3ccccc3)c3ccccc3)=C(SCC3CCOC(C)(C)O3)CS[C@H]12)c1csc(NC(c2ccccc2)(c2ccccc2)c2ccccc2)n1. The van der Waals surface area contributed by atoms with Gasteiger partial charge in [0, 0.05) is 21.8 Å². The highest BCUT2D eigenvalue weighted by atomic mass is 32.2. The van der Waals surface area contributed by atoms with Crippen LogP contribution in [0.3, 0.4) is 0 Å². The molecule has 4 heterocycles. The fourth-order valence-electron chi connectivity index (χ4n) is 8.57. The molecule has 3 aliphatic rings. The molecule has 0 saturated carbocycles. The molecule has 342 valence electrons. The number of oxime groups is 1. The molecule has 15 heteroatoms. The largest absolute Gasteiger partial charge is 0.448 e. The van der Waals surface area contributed by atoms with E-state index in [0.717, 1.165) is 27.8 Å². The van der Waals surface area contributed by atoms with Crippen molar-refractivity contribution in [3.8, 4) is 0 Å². The fraction of sp³-hybridized carbons (Fsp3) is 0.250. The summed E-state index contributed by atoms with van der Waals surface area (Å²) in [5.41, 5.74) is 3.97. The topological polar surface area (TPSA) is 141 Å². The molecule has 3 aliphatic heterocycles. The summed E-state index contributed by atoms with van der Waals surface area (Å²) in [4.78, 5) is 55.6. The highest BCUT2D eigenvalue weighted by molar-refractivity contribution is 8.06. The van der Waals surface area contributed by atoms with E-state index in [4.69, 9.17) is 24.0 Å². The van der Waals surface area contributed by atoms with E-state index in [2.05, 4.69) is 52.2 Å². The zero-order chi connectivity index (χ0) is 46.4. The number of esters is 1. The Labute approximate surface area is 402 Å². The number of thioether (sulfide) groups is 2. The number of β-lactam (4-membered cyclic amide) rings is 1. The molecule has 2 N–H and O–H groups in total. The Hall–Kier alpha value is -6.23. The van der Waals surface area contributed by atoms with Crippen LogP contribution in [-0.4, -0.2) is 81.9 Å². The van der Waals surface area contributed by atoms with E-state index in [1.165, 1.54) is 46.9 Å². The van der Waals surface area contributed by atoms with Crippen molar-refractivity contribution in [3.63, 3.8) is 0 Å². The summed E-state index contributed by atoms with van der Waals surface area (Å²) >= 11 is 4.25. The monoisotopic (exact) mass is 951 g/mol. The minimum Gasteiger partial charge on any atom is -0.448 e. The third-order valence-electron chi connectivity index (χ3n) is 11.7. The van der Waals surface area contributed by atoms with Crippen molar-refractivity contribution < 1.29 is 33.4 Å². The van der Waals surface area contributed by atoms with Crippen LogP contribution < -0.4 is 10.6 Å². The van der Waals surface area contributed by atoms with E-state index in [1.807, 2.05) is 129 Å². The van der Waals surface area contributed by atoms with Crippen LogP contribution in [-0.2, 0) is 39.0 Å². The number of hydrogen-bond acceptors (Lipinski definition) is 13. The molecule has 2 fully saturated rings. The Morgan fingerprint density at radius 3 is 1.96 bits per heavy atom. The van der Waals surface area contributed by atoms with Gasteiger partial charge in [-0.05, 0) is 48.1 Å². The van der Waals surface area contributed by atoms with Crippen molar-refractivity contribution in [2.75, 3.05) is 30.5 Å². The molecular weight excluding hydrogens is 903 g/mol. The summed E-state index contributed by atoms with van der Waals surface area (Å²) in [5.74, 6) is -1.54. The van der Waals surface area contributed by atoms with Gasteiger partial charge in [-0.3, -0.25) is 14.5 Å². The van der Waals surface area contributed by atoms with Gasteiger partial charge in [0.1, 0.15) is 35.5 Å². The van der Waals surface area contributed by atoms with Gasteiger partial charge >= 0.3 is 5.97 Å². The maximum Gasteiger partial charge on any atom is 0.356 e. The fourth-order valence-corrected chi connectivity index (χ4v) is 12.0. The van der Waals surface area contributed by atoms with Crippen molar-refractivity contribution in [3.05, 3.63) is 201 Å². The van der Waals surface area contributed by atoms with Crippen molar-refractivity contribution in [1.82, 2.24) is 15.2 Å². The summed E-state index contributed by atoms with van der Waals surface area (Å²) in [7, 11) is 1.35. The minimum absolute atomic E-state index is 0.108. The van der Waals surface area contributed by atoms with Crippen LogP contribution in [0.5, 0.6) is 0 Å². The zero-order valence-corrected chi connectivity index (χ0v) is 39.5. The van der Waals surface area contributed by atoms with Gasteiger partial charge in [-0.2, -0.15) is 0 Å². The molecule has 9 rings (SSSR count). The number of benzene rings is 5. The lowest BCUT2D eigenvalue weighted by molar-refractivity contribution is -0.267. The molecule has 2 amide bonds. The molecule has 12 nitrogen and oxygen atoms in total. The molecule has 0 bridgehead atoms. The van der Waals surface area contributed by atoms with E-state index < -0.39 is 46.6 Å². The number of nitrogens with one attached hydrogen (secondary N) is 2. The second-order valence-corrected chi connectivity index (χ2v) is 19.5. The first-order valence-corrected chi connectivity index (χ1v) is 24.8. The van der Waals surface area contributed by atoms with Crippen LogP contribution in [0.4, 0.5) is 5.13 Å². The summed E-state index contributed by atoms with van der Waals surface area (Å²) in [5, 5.41) is 12.4. The molecular formula is C52H49N5O7S3. The predicted octanol–water partition coefficient (Wildman–Crippen LogP) is 9.12. The molecule has 0 radical (unpaired) electrons. The molecule has 2 unspecified atom stereocenters. The second-order valence-electron chi connectivity index (χ2n) is 16.5. The first-order valence-electron chi connectivity index (χ1n) is 21.9. The highest BCUT2D eigenvalue weighted by Gasteiger charge is 2.55.